The van der Waals surface area contributed by atoms with E-state index in [4.69, 9.17) is 0 Å². The third kappa shape index (κ3) is 6.18. The molecule has 0 fully saturated rings. The molecule has 0 aromatic heterocycles. The number of benzene rings is 1. The van der Waals surface area contributed by atoms with Gasteiger partial charge in [0.15, 0.2) is 0 Å². The summed E-state index contributed by atoms with van der Waals surface area (Å²) in [5.74, 6) is -0.00227. The van der Waals surface area contributed by atoms with Crippen LogP contribution in [0.3, 0.4) is 0 Å². The van der Waals surface area contributed by atoms with Crippen LogP contribution in [0.2, 0.25) is 0 Å². The Kier molecular flexibility index (Phi) is 6.85. The lowest BCUT2D eigenvalue weighted by Crippen LogP contribution is -2.40. The van der Waals surface area contributed by atoms with Crippen molar-refractivity contribution in [3.63, 3.8) is 0 Å². The third-order valence-electron chi connectivity index (χ3n) is 2.66. The summed E-state index contributed by atoms with van der Waals surface area (Å²) >= 11 is 0. The maximum atomic E-state index is 11.9. The van der Waals surface area contributed by atoms with Crippen molar-refractivity contribution in [1.82, 2.24) is 15.5 Å². The predicted molar refractivity (Wildman–Crippen MR) is 78.9 cm³/mol. The Morgan fingerprint density at radius 2 is 2.05 bits per heavy atom. The summed E-state index contributed by atoms with van der Waals surface area (Å²) in [6.07, 6.45) is 1.74. The highest BCUT2D eigenvalue weighted by molar-refractivity contribution is 5.78. The van der Waals surface area contributed by atoms with E-state index in [1.165, 1.54) is 0 Å². The Hall–Kier alpha value is -1.65. The molecule has 1 rings (SSSR count). The molecular weight excluding hydrogens is 238 g/mol. The molecule has 4 heteroatoms. The molecule has 1 aromatic carbocycles. The predicted octanol–water partition coefficient (Wildman–Crippen LogP) is 1.18. The van der Waals surface area contributed by atoms with Crippen LogP contribution < -0.4 is 10.6 Å². The van der Waals surface area contributed by atoms with Gasteiger partial charge in [-0.2, -0.15) is 0 Å². The molecule has 0 saturated heterocycles. The molecule has 2 N–H and O–H groups in total. The number of nitrogens with one attached hydrogen (secondary N) is 2. The minimum Gasteiger partial charge on any atom is -0.347 e. The Labute approximate surface area is 115 Å². The van der Waals surface area contributed by atoms with Crippen LogP contribution >= 0.6 is 0 Å². The monoisotopic (exact) mass is 261 g/mol. The molecule has 0 radical (unpaired) electrons. The van der Waals surface area contributed by atoms with Gasteiger partial charge < -0.3 is 15.5 Å². The third-order valence-corrected chi connectivity index (χ3v) is 2.66. The Bertz CT molecular complexity index is 390. The Morgan fingerprint density at radius 3 is 2.63 bits per heavy atom. The molecule has 1 unspecified atom stereocenters. The molecule has 0 bridgehead atoms. The summed E-state index contributed by atoms with van der Waals surface area (Å²) in [6.45, 7) is 5.32. The zero-order chi connectivity index (χ0) is 14.1. The largest absolute Gasteiger partial charge is 0.347 e. The van der Waals surface area contributed by atoms with E-state index in [0.29, 0.717) is 13.1 Å². The molecule has 0 spiro atoms. The van der Waals surface area contributed by atoms with E-state index >= 15 is 0 Å². The standard InChI is InChI=1S/C15H23N3O/c1-4-10-16-11-15(19)17-14(12-18(2)3)13-8-6-5-7-9-13/h4-9,14,16H,1,10-12H2,2-3H3,(H,17,19). The molecular formula is C15H23N3O. The topological polar surface area (TPSA) is 44.4 Å². The second kappa shape index (κ2) is 8.45. The number of rotatable bonds is 8. The average Bonchev–Trinajstić information content (AvgIpc) is 2.39. The van der Waals surface area contributed by atoms with Crippen LogP contribution in [0.25, 0.3) is 0 Å². The maximum absolute atomic E-state index is 11.9. The number of hydrogen-bond donors (Lipinski definition) is 2. The van der Waals surface area contributed by atoms with Crippen LogP contribution in [-0.2, 0) is 4.79 Å². The minimum atomic E-state index is -0.00227. The molecule has 4 nitrogen and oxygen atoms in total. The number of likely N-dealkylation sites (N-methyl/N-ethyl adjacent to an activating group) is 1. The Balaban J connectivity index is 2.60. The first-order chi connectivity index (χ1) is 9.13. The summed E-state index contributed by atoms with van der Waals surface area (Å²) in [5, 5.41) is 6.05. The van der Waals surface area contributed by atoms with Crippen LogP contribution in [0.5, 0.6) is 0 Å². The van der Waals surface area contributed by atoms with Crippen molar-refractivity contribution < 1.29 is 4.79 Å². The van der Waals surface area contributed by atoms with Gasteiger partial charge in [0.1, 0.15) is 0 Å². The molecule has 1 aromatic rings. The molecule has 0 aliphatic heterocycles. The van der Waals surface area contributed by atoms with Crippen molar-refractivity contribution in [3.8, 4) is 0 Å². The van der Waals surface area contributed by atoms with E-state index in [9.17, 15) is 4.79 Å². The smallest absolute Gasteiger partial charge is 0.234 e. The number of carbonyl (C=O) groups excluding carboxylic acids is 1. The SMILES string of the molecule is C=CCNCC(=O)NC(CN(C)C)c1ccccc1. The van der Waals surface area contributed by atoms with Crippen LogP contribution in [0.4, 0.5) is 0 Å². The first-order valence-electron chi connectivity index (χ1n) is 6.44. The van der Waals surface area contributed by atoms with Crippen molar-refractivity contribution in [2.24, 2.45) is 0 Å². The van der Waals surface area contributed by atoms with Crippen molar-refractivity contribution in [2.45, 2.75) is 6.04 Å². The van der Waals surface area contributed by atoms with Crippen molar-refractivity contribution >= 4 is 5.91 Å². The van der Waals surface area contributed by atoms with E-state index in [1.807, 2.05) is 44.4 Å². The second-order valence-electron chi connectivity index (χ2n) is 4.71. The highest BCUT2D eigenvalue weighted by atomic mass is 16.2. The highest BCUT2D eigenvalue weighted by Crippen LogP contribution is 2.12. The van der Waals surface area contributed by atoms with Crippen molar-refractivity contribution in [2.75, 3.05) is 33.7 Å². The molecule has 1 amide bonds. The lowest BCUT2D eigenvalue weighted by Gasteiger charge is -2.23. The minimum absolute atomic E-state index is 0.00227. The lowest BCUT2D eigenvalue weighted by molar-refractivity contribution is -0.121. The Morgan fingerprint density at radius 1 is 1.37 bits per heavy atom. The normalized spacial score (nSPS) is 12.2. The van der Waals surface area contributed by atoms with E-state index in [-0.39, 0.29) is 11.9 Å². The van der Waals surface area contributed by atoms with Gasteiger partial charge in [-0.05, 0) is 19.7 Å². The molecule has 19 heavy (non-hydrogen) atoms. The van der Waals surface area contributed by atoms with Crippen LogP contribution in [0.15, 0.2) is 43.0 Å². The molecule has 0 aliphatic carbocycles. The van der Waals surface area contributed by atoms with Gasteiger partial charge in [0, 0.05) is 13.1 Å². The van der Waals surface area contributed by atoms with E-state index in [2.05, 4.69) is 22.1 Å². The van der Waals surface area contributed by atoms with Gasteiger partial charge in [0.2, 0.25) is 5.91 Å². The van der Waals surface area contributed by atoms with Gasteiger partial charge in [-0.1, -0.05) is 36.4 Å². The van der Waals surface area contributed by atoms with Gasteiger partial charge in [-0.25, -0.2) is 0 Å². The van der Waals surface area contributed by atoms with Gasteiger partial charge in [0.25, 0.3) is 0 Å². The van der Waals surface area contributed by atoms with E-state index in [0.717, 1.165) is 12.1 Å². The van der Waals surface area contributed by atoms with Crippen LogP contribution in [-0.4, -0.2) is 44.5 Å². The second-order valence-corrected chi connectivity index (χ2v) is 4.71. The first-order valence-corrected chi connectivity index (χ1v) is 6.44. The molecule has 0 saturated carbocycles. The van der Waals surface area contributed by atoms with Crippen molar-refractivity contribution in [1.29, 1.82) is 0 Å². The van der Waals surface area contributed by atoms with Gasteiger partial charge in [-0.3, -0.25) is 4.79 Å². The zero-order valence-electron chi connectivity index (χ0n) is 11.7. The summed E-state index contributed by atoms with van der Waals surface area (Å²) in [7, 11) is 4.00. The molecule has 104 valence electrons. The number of nitrogens with zero attached hydrogens (tertiary/aromatic N) is 1. The average molecular weight is 261 g/mol. The summed E-state index contributed by atoms with van der Waals surface area (Å²) < 4.78 is 0. The first kappa shape index (κ1) is 15.4. The van der Waals surface area contributed by atoms with Gasteiger partial charge in [-0.15, -0.1) is 6.58 Å². The lowest BCUT2D eigenvalue weighted by atomic mass is 10.1. The fourth-order valence-corrected chi connectivity index (χ4v) is 1.82. The molecule has 0 heterocycles. The summed E-state index contributed by atoms with van der Waals surface area (Å²) in [4.78, 5) is 13.9. The summed E-state index contributed by atoms with van der Waals surface area (Å²) in [6, 6.07) is 10.0. The fraction of sp³-hybridized carbons (Fsp3) is 0.400. The number of hydrogen-bond acceptors (Lipinski definition) is 3. The highest BCUT2D eigenvalue weighted by Gasteiger charge is 2.14. The fourth-order valence-electron chi connectivity index (χ4n) is 1.82. The van der Waals surface area contributed by atoms with Crippen LogP contribution in [0.1, 0.15) is 11.6 Å². The van der Waals surface area contributed by atoms with Crippen molar-refractivity contribution in [3.05, 3.63) is 48.6 Å². The quantitative estimate of drug-likeness (QED) is 0.545. The molecule has 1 atom stereocenters. The summed E-state index contributed by atoms with van der Waals surface area (Å²) in [5.41, 5.74) is 1.12. The van der Waals surface area contributed by atoms with E-state index in [1.54, 1.807) is 6.08 Å². The van der Waals surface area contributed by atoms with Gasteiger partial charge >= 0.3 is 0 Å². The number of amides is 1. The zero-order valence-corrected chi connectivity index (χ0v) is 11.7. The van der Waals surface area contributed by atoms with Gasteiger partial charge in [0.05, 0.1) is 12.6 Å². The van der Waals surface area contributed by atoms with Crippen LogP contribution in [0, 0.1) is 0 Å². The van der Waals surface area contributed by atoms with E-state index < -0.39 is 0 Å². The maximum Gasteiger partial charge on any atom is 0.234 e. The molecule has 0 aliphatic rings. The number of carbonyl (C=O) groups is 1.